The highest BCUT2D eigenvalue weighted by Gasteiger charge is 2.03. The molecule has 1 N–H and O–H groups in total. The summed E-state index contributed by atoms with van der Waals surface area (Å²) in [5, 5.41) is 12.8. The number of benzene rings is 1. The molecule has 120 valence electrons. The molecule has 2 aromatic heterocycles. The van der Waals surface area contributed by atoms with Gasteiger partial charge in [0, 0.05) is 36.1 Å². The summed E-state index contributed by atoms with van der Waals surface area (Å²) in [6, 6.07) is 7.85. The molecule has 0 atom stereocenters. The van der Waals surface area contributed by atoms with Crippen LogP contribution in [0, 0.1) is 6.92 Å². The van der Waals surface area contributed by atoms with E-state index in [-0.39, 0.29) is 0 Å². The molecule has 5 nitrogen and oxygen atoms in total. The van der Waals surface area contributed by atoms with Gasteiger partial charge in [0.1, 0.15) is 0 Å². The smallest absolute Gasteiger partial charge is 0.0674 e. The Hall–Kier alpha value is -2.11. The molecular weight excluding hydrogens is 310 g/mol. The van der Waals surface area contributed by atoms with Gasteiger partial charge in [-0.3, -0.25) is 9.36 Å². The minimum atomic E-state index is 0.687. The molecule has 0 fully saturated rings. The van der Waals surface area contributed by atoms with E-state index in [4.69, 9.17) is 11.6 Å². The fourth-order valence-electron chi connectivity index (χ4n) is 2.40. The van der Waals surface area contributed by atoms with Gasteiger partial charge in [0.25, 0.3) is 0 Å². The van der Waals surface area contributed by atoms with Crippen LogP contribution in [0.25, 0.3) is 0 Å². The van der Waals surface area contributed by atoms with Gasteiger partial charge in [0.05, 0.1) is 25.5 Å². The lowest BCUT2D eigenvalue weighted by Crippen LogP contribution is -2.19. The molecule has 0 unspecified atom stereocenters. The molecule has 0 saturated carbocycles. The molecule has 2 heterocycles. The van der Waals surface area contributed by atoms with Crippen LogP contribution in [0.4, 0.5) is 0 Å². The summed E-state index contributed by atoms with van der Waals surface area (Å²) in [5.41, 5.74) is 3.42. The van der Waals surface area contributed by atoms with Gasteiger partial charge in [-0.2, -0.15) is 10.2 Å². The second-order valence-electron chi connectivity index (χ2n) is 5.60. The zero-order valence-corrected chi connectivity index (χ0v) is 13.9. The Morgan fingerprint density at radius 1 is 1.09 bits per heavy atom. The second-order valence-corrected chi connectivity index (χ2v) is 6.00. The van der Waals surface area contributed by atoms with E-state index in [0.29, 0.717) is 6.54 Å². The SMILES string of the molecule is Cc1cnn(CCNCc2cnn(Cc3ccccc3Cl)c2)c1. The number of aryl methyl sites for hydroxylation is 1. The average molecular weight is 330 g/mol. The summed E-state index contributed by atoms with van der Waals surface area (Å²) in [6.45, 7) is 5.26. The maximum absolute atomic E-state index is 6.18. The van der Waals surface area contributed by atoms with Gasteiger partial charge in [0.15, 0.2) is 0 Å². The van der Waals surface area contributed by atoms with Crippen molar-refractivity contribution in [3.63, 3.8) is 0 Å². The topological polar surface area (TPSA) is 47.7 Å². The predicted molar refractivity (Wildman–Crippen MR) is 91.5 cm³/mol. The Balaban J connectivity index is 1.47. The van der Waals surface area contributed by atoms with Crippen molar-refractivity contribution in [2.75, 3.05) is 6.54 Å². The zero-order valence-electron chi connectivity index (χ0n) is 13.1. The molecule has 3 aromatic rings. The third kappa shape index (κ3) is 4.43. The molecule has 0 aliphatic carbocycles. The normalized spacial score (nSPS) is 11.0. The molecule has 0 spiro atoms. The number of nitrogens with zero attached hydrogens (tertiary/aromatic N) is 4. The van der Waals surface area contributed by atoms with Gasteiger partial charge in [-0.05, 0) is 24.1 Å². The highest BCUT2D eigenvalue weighted by atomic mass is 35.5. The second kappa shape index (κ2) is 7.44. The van der Waals surface area contributed by atoms with Crippen molar-refractivity contribution in [2.24, 2.45) is 0 Å². The molecule has 23 heavy (non-hydrogen) atoms. The fraction of sp³-hybridized carbons (Fsp3) is 0.294. The molecule has 0 bridgehead atoms. The van der Waals surface area contributed by atoms with Crippen molar-refractivity contribution in [2.45, 2.75) is 26.6 Å². The molecule has 0 aliphatic rings. The van der Waals surface area contributed by atoms with Gasteiger partial charge in [-0.1, -0.05) is 29.8 Å². The van der Waals surface area contributed by atoms with E-state index in [0.717, 1.165) is 35.8 Å². The van der Waals surface area contributed by atoms with Gasteiger partial charge >= 0.3 is 0 Å². The highest BCUT2D eigenvalue weighted by Crippen LogP contribution is 2.16. The van der Waals surface area contributed by atoms with Crippen molar-refractivity contribution < 1.29 is 0 Å². The number of rotatable bonds is 7. The van der Waals surface area contributed by atoms with Crippen LogP contribution in [-0.2, 0) is 19.6 Å². The standard InChI is InChI=1S/C17H20ClN5/c1-14-8-20-22(11-14)7-6-19-9-15-10-21-23(12-15)13-16-4-2-3-5-17(16)18/h2-5,8,10-12,19H,6-7,9,13H2,1H3. The van der Waals surface area contributed by atoms with Gasteiger partial charge < -0.3 is 5.32 Å². The highest BCUT2D eigenvalue weighted by molar-refractivity contribution is 6.31. The Morgan fingerprint density at radius 3 is 2.70 bits per heavy atom. The summed E-state index contributed by atoms with van der Waals surface area (Å²) in [4.78, 5) is 0. The number of hydrogen-bond acceptors (Lipinski definition) is 3. The first kappa shape index (κ1) is 15.8. The number of nitrogens with one attached hydrogen (secondary N) is 1. The maximum Gasteiger partial charge on any atom is 0.0674 e. The van der Waals surface area contributed by atoms with E-state index in [1.54, 1.807) is 0 Å². The predicted octanol–water partition coefficient (Wildman–Crippen LogP) is 2.88. The monoisotopic (exact) mass is 329 g/mol. The summed E-state index contributed by atoms with van der Waals surface area (Å²) in [7, 11) is 0. The van der Waals surface area contributed by atoms with E-state index in [2.05, 4.69) is 15.5 Å². The lowest BCUT2D eigenvalue weighted by atomic mass is 10.2. The van der Waals surface area contributed by atoms with Gasteiger partial charge in [-0.15, -0.1) is 0 Å². The first-order chi connectivity index (χ1) is 11.2. The van der Waals surface area contributed by atoms with E-state index in [1.165, 1.54) is 5.56 Å². The van der Waals surface area contributed by atoms with Crippen molar-refractivity contribution in [3.8, 4) is 0 Å². The van der Waals surface area contributed by atoms with E-state index in [9.17, 15) is 0 Å². The van der Waals surface area contributed by atoms with Crippen LogP contribution in [-0.4, -0.2) is 26.1 Å². The molecule has 0 amide bonds. The Bertz CT molecular complexity index is 762. The number of aromatic nitrogens is 4. The van der Waals surface area contributed by atoms with Crippen molar-refractivity contribution in [1.82, 2.24) is 24.9 Å². The Labute approximate surface area is 140 Å². The minimum absolute atomic E-state index is 0.687. The first-order valence-corrected chi connectivity index (χ1v) is 8.03. The molecule has 0 radical (unpaired) electrons. The van der Waals surface area contributed by atoms with Crippen LogP contribution < -0.4 is 5.32 Å². The van der Waals surface area contributed by atoms with Crippen LogP contribution in [0.5, 0.6) is 0 Å². The summed E-state index contributed by atoms with van der Waals surface area (Å²) >= 11 is 6.18. The number of hydrogen-bond donors (Lipinski definition) is 1. The third-order valence-electron chi connectivity index (χ3n) is 3.59. The Kier molecular flexibility index (Phi) is 5.10. The molecule has 6 heteroatoms. The van der Waals surface area contributed by atoms with E-state index < -0.39 is 0 Å². The molecule has 1 aromatic carbocycles. The molecule has 3 rings (SSSR count). The largest absolute Gasteiger partial charge is 0.311 e. The maximum atomic E-state index is 6.18. The van der Waals surface area contributed by atoms with E-state index >= 15 is 0 Å². The van der Waals surface area contributed by atoms with Crippen LogP contribution in [0.3, 0.4) is 0 Å². The van der Waals surface area contributed by atoms with Crippen molar-refractivity contribution in [1.29, 1.82) is 0 Å². The summed E-state index contributed by atoms with van der Waals surface area (Å²) in [5.74, 6) is 0. The molecule has 0 saturated heterocycles. The van der Waals surface area contributed by atoms with Gasteiger partial charge in [-0.25, -0.2) is 0 Å². The summed E-state index contributed by atoms with van der Waals surface area (Å²) < 4.78 is 3.86. The lowest BCUT2D eigenvalue weighted by Gasteiger charge is -2.04. The third-order valence-corrected chi connectivity index (χ3v) is 3.95. The lowest BCUT2D eigenvalue weighted by molar-refractivity contribution is 0.554. The van der Waals surface area contributed by atoms with Crippen molar-refractivity contribution >= 4 is 11.6 Å². The molecular formula is C17H20ClN5. The number of halogens is 1. The Morgan fingerprint density at radius 2 is 1.91 bits per heavy atom. The van der Waals surface area contributed by atoms with Crippen LogP contribution >= 0.6 is 11.6 Å². The zero-order chi connectivity index (χ0) is 16.1. The fourth-order valence-corrected chi connectivity index (χ4v) is 2.60. The van der Waals surface area contributed by atoms with Crippen LogP contribution in [0.15, 0.2) is 49.1 Å². The van der Waals surface area contributed by atoms with E-state index in [1.807, 2.05) is 65.3 Å². The van der Waals surface area contributed by atoms with Crippen molar-refractivity contribution in [3.05, 3.63) is 70.8 Å². The van der Waals surface area contributed by atoms with Gasteiger partial charge in [0.2, 0.25) is 0 Å². The van der Waals surface area contributed by atoms with Crippen LogP contribution in [0.2, 0.25) is 5.02 Å². The molecule has 0 aliphatic heterocycles. The summed E-state index contributed by atoms with van der Waals surface area (Å²) in [6.07, 6.45) is 7.86. The quantitative estimate of drug-likeness (QED) is 0.678. The van der Waals surface area contributed by atoms with Crippen LogP contribution in [0.1, 0.15) is 16.7 Å². The first-order valence-electron chi connectivity index (χ1n) is 7.65. The average Bonchev–Trinajstić information content (AvgIpc) is 3.15. The minimum Gasteiger partial charge on any atom is -0.311 e.